The van der Waals surface area contributed by atoms with Crippen LogP contribution < -0.4 is 30.2 Å². The smallest absolute Gasteiger partial charge is 0.272 e. The van der Waals surface area contributed by atoms with Crippen molar-refractivity contribution in [2.24, 2.45) is 0 Å². The maximum atomic E-state index is 13.5. The van der Waals surface area contributed by atoms with Gasteiger partial charge in [0.15, 0.2) is 11.5 Å². The Balaban J connectivity index is 1.50. The van der Waals surface area contributed by atoms with Crippen molar-refractivity contribution in [1.82, 2.24) is 5.32 Å². The van der Waals surface area contributed by atoms with E-state index in [1.54, 1.807) is 54.6 Å². The van der Waals surface area contributed by atoms with Gasteiger partial charge >= 0.3 is 0 Å². The van der Waals surface area contributed by atoms with E-state index in [0.717, 1.165) is 21.7 Å². The molecule has 0 atom stereocenters. The summed E-state index contributed by atoms with van der Waals surface area (Å²) in [6, 6.07) is 24.9. The van der Waals surface area contributed by atoms with Gasteiger partial charge in [-0.15, -0.1) is 11.8 Å². The van der Waals surface area contributed by atoms with Crippen molar-refractivity contribution in [3.05, 3.63) is 113 Å². The second kappa shape index (κ2) is 15.5. The molecule has 0 heterocycles. The molecular weight excluding hydrogens is 590 g/mol. The minimum Gasteiger partial charge on any atom is -0.496 e. The number of carbonyl (C=O) groups is 3. The molecule has 3 amide bonds. The number of nitrogens with one attached hydrogen (secondary N) is 3. The number of carbonyl (C=O) groups excluding carboxylic acids is 3. The van der Waals surface area contributed by atoms with E-state index in [-0.39, 0.29) is 17.4 Å². The van der Waals surface area contributed by atoms with Crippen molar-refractivity contribution in [2.45, 2.75) is 18.7 Å². The highest BCUT2D eigenvalue weighted by Crippen LogP contribution is 2.35. The van der Waals surface area contributed by atoms with E-state index in [0.29, 0.717) is 34.1 Å². The average Bonchev–Trinajstić information content (AvgIpc) is 3.03. The third kappa shape index (κ3) is 9.14. The molecule has 9 nitrogen and oxygen atoms in total. The number of hydrogen-bond acceptors (Lipinski definition) is 7. The molecule has 0 aliphatic heterocycles. The average molecular weight is 626 g/mol. The van der Waals surface area contributed by atoms with Gasteiger partial charge in [-0.3, -0.25) is 14.4 Å². The van der Waals surface area contributed by atoms with Gasteiger partial charge in [0.1, 0.15) is 11.4 Å². The molecule has 0 saturated heterocycles. The summed E-state index contributed by atoms with van der Waals surface area (Å²) in [6.45, 7) is 3.97. The first-order valence-electron chi connectivity index (χ1n) is 14.0. The highest BCUT2D eigenvalue weighted by molar-refractivity contribution is 8.00. The van der Waals surface area contributed by atoms with E-state index in [1.807, 2.05) is 44.2 Å². The molecule has 10 heteroatoms. The topological polar surface area (TPSA) is 115 Å². The van der Waals surface area contributed by atoms with Gasteiger partial charge in [0.25, 0.3) is 11.8 Å². The SMILES string of the molecule is COc1cc(OC)c(OC)cc1/C=C(\NC(=O)c1ccccc1)C(=O)Nc1ccc(SCC(=O)Nc2cc(C)cc(C)c2)cc1. The molecule has 0 aromatic heterocycles. The van der Waals surface area contributed by atoms with Gasteiger partial charge in [-0.1, -0.05) is 24.3 Å². The van der Waals surface area contributed by atoms with Crippen molar-refractivity contribution >= 4 is 46.9 Å². The number of aryl methyl sites for hydroxylation is 2. The van der Waals surface area contributed by atoms with Crippen LogP contribution in [0.4, 0.5) is 11.4 Å². The molecule has 0 bridgehead atoms. The molecule has 4 aromatic rings. The summed E-state index contributed by atoms with van der Waals surface area (Å²) < 4.78 is 16.3. The third-order valence-corrected chi connectivity index (χ3v) is 7.56. The summed E-state index contributed by atoms with van der Waals surface area (Å²) >= 11 is 1.38. The van der Waals surface area contributed by atoms with Crippen molar-refractivity contribution in [3.63, 3.8) is 0 Å². The molecule has 45 heavy (non-hydrogen) atoms. The first-order chi connectivity index (χ1) is 21.7. The van der Waals surface area contributed by atoms with Crippen LogP contribution in [0.3, 0.4) is 0 Å². The lowest BCUT2D eigenvalue weighted by Crippen LogP contribution is -2.30. The Morgan fingerprint density at radius 3 is 1.96 bits per heavy atom. The van der Waals surface area contributed by atoms with Crippen LogP contribution in [0, 0.1) is 13.8 Å². The summed E-state index contributed by atoms with van der Waals surface area (Å²) in [5, 5.41) is 8.49. The number of amides is 3. The number of ether oxygens (including phenoxy) is 3. The molecule has 232 valence electrons. The van der Waals surface area contributed by atoms with E-state index >= 15 is 0 Å². The first-order valence-corrected chi connectivity index (χ1v) is 15.0. The zero-order valence-electron chi connectivity index (χ0n) is 25.7. The monoisotopic (exact) mass is 625 g/mol. The van der Waals surface area contributed by atoms with Crippen molar-refractivity contribution in [1.29, 1.82) is 0 Å². The van der Waals surface area contributed by atoms with E-state index in [1.165, 1.54) is 39.2 Å². The van der Waals surface area contributed by atoms with Crippen LogP contribution in [-0.2, 0) is 9.59 Å². The van der Waals surface area contributed by atoms with Crippen LogP contribution in [0.1, 0.15) is 27.0 Å². The normalized spacial score (nSPS) is 10.9. The zero-order chi connectivity index (χ0) is 32.3. The highest BCUT2D eigenvalue weighted by Gasteiger charge is 2.18. The number of hydrogen-bond donors (Lipinski definition) is 3. The largest absolute Gasteiger partial charge is 0.496 e. The number of thioether (sulfide) groups is 1. The Hall–Kier alpha value is -5.22. The summed E-state index contributed by atoms with van der Waals surface area (Å²) in [4.78, 5) is 39.9. The van der Waals surface area contributed by atoms with E-state index < -0.39 is 11.8 Å². The summed E-state index contributed by atoms with van der Waals surface area (Å²) in [5.74, 6) is 0.393. The minimum atomic E-state index is -0.552. The van der Waals surface area contributed by atoms with E-state index in [2.05, 4.69) is 16.0 Å². The van der Waals surface area contributed by atoms with Crippen molar-refractivity contribution in [3.8, 4) is 17.2 Å². The van der Waals surface area contributed by atoms with Crippen LogP contribution in [0.5, 0.6) is 17.2 Å². The fourth-order valence-electron chi connectivity index (χ4n) is 4.49. The Bertz CT molecular complexity index is 1680. The third-order valence-electron chi connectivity index (χ3n) is 6.55. The number of benzene rings is 4. The number of rotatable bonds is 12. The molecule has 3 N–H and O–H groups in total. The highest BCUT2D eigenvalue weighted by atomic mass is 32.2. The first kappa shape index (κ1) is 32.7. The van der Waals surface area contributed by atoms with Gasteiger partial charge in [-0.05, 0) is 85.6 Å². The quantitative estimate of drug-likeness (QED) is 0.122. The number of anilines is 2. The van der Waals surface area contributed by atoms with E-state index in [4.69, 9.17) is 14.2 Å². The molecule has 0 fully saturated rings. The molecular formula is C35H35N3O6S. The molecule has 0 aliphatic carbocycles. The molecule has 0 radical (unpaired) electrons. The minimum absolute atomic E-state index is 0.0177. The summed E-state index contributed by atoms with van der Waals surface area (Å²) in [6.07, 6.45) is 1.51. The Labute approximate surface area is 267 Å². The molecule has 0 unspecified atom stereocenters. The van der Waals surface area contributed by atoms with Crippen LogP contribution in [0.25, 0.3) is 6.08 Å². The number of methoxy groups -OCH3 is 3. The fraction of sp³-hybridized carbons (Fsp3) is 0.171. The summed E-state index contributed by atoms with van der Waals surface area (Å²) in [7, 11) is 4.51. The lowest BCUT2D eigenvalue weighted by molar-refractivity contribution is -0.114. The molecule has 0 saturated carbocycles. The Morgan fingerprint density at radius 2 is 1.33 bits per heavy atom. The maximum absolute atomic E-state index is 13.5. The lowest BCUT2D eigenvalue weighted by atomic mass is 10.1. The molecule has 4 rings (SSSR count). The van der Waals surface area contributed by atoms with Gasteiger partial charge < -0.3 is 30.2 Å². The second-order valence-corrected chi connectivity index (χ2v) is 11.1. The second-order valence-electron chi connectivity index (χ2n) is 10.0. The van der Waals surface area contributed by atoms with Crippen molar-refractivity contribution in [2.75, 3.05) is 37.7 Å². The Morgan fingerprint density at radius 1 is 0.711 bits per heavy atom. The van der Waals surface area contributed by atoms with Crippen LogP contribution in [0.2, 0.25) is 0 Å². The molecule has 0 aliphatic rings. The van der Waals surface area contributed by atoms with Gasteiger partial charge in [0.05, 0.1) is 27.1 Å². The van der Waals surface area contributed by atoms with E-state index in [9.17, 15) is 14.4 Å². The maximum Gasteiger partial charge on any atom is 0.272 e. The fourth-order valence-corrected chi connectivity index (χ4v) is 5.19. The van der Waals surface area contributed by atoms with Gasteiger partial charge in [0.2, 0.25) is 5.91 Å². The van der Waals surface area contributed by atoms with Crippen LogP contribution >= 0.6 is 11.8 Å². The van der Waals surface area contributed by atoms with Gasteiger partial charge in [-0.25, -0.2) is 0 Å². The van der Waals surface area contributed by atoms with Crippen molar-refractivity contribution < 1.29 is 28.6 Å². The van der Waals surface area contributed by atoms with Crippen LogP contribution in [0.15, 0.2) is 95.5 Å². The molecule has 0 spiro atoms. The van der Waals surface area contributed by atoms with Gasteiger partial charge in [0, 0.05) is 33.5 Å². The standard InChI is InChI=1S/C35H35N3O6S/c1-22-15-23(2)17-27(16-22)36-33(39)21-45-28-13-11-26(12-14-28)37-35(41)29(38-34(40)24-9-7-6-8-10-24)18-25-19-31(43-4)32(44-5)20-30(25)42-3/h6-20H,21H2,1-5H3,(H,36,39)(H,37,41)(H,38,40)/b29-18-. The summed E-state index contributed by atoms with van der Waals surface area (Å²) in [5.41, 5.74) is 4.29. The van der Waals surface area contributed by atoms with Gasteiger partial charge in [-0.2, -0.15) is 0 Å². The molecule has 4 aromatic carbocycles. The predicted molar refractivity (Wildman–Crippen MR) is 178 cm³/mol. The predicted octanol–water partition coefficient (Wildman–Crippen LogP) is 6.47. The van der Waals surface area contributed by atoms with Crippen LogP contribution in [-0.4, -0.2) is 44.8 Å². The lowest BCUT2D eigenvalue weighted by Gasteiger charge is -2.15. The Kier molecular flexibility index (Phi) is 11.3. The zero-order valence-corrected chi connectivity index (χ0v) is 26.5.